The number of carbonyl (C=O) groups is 1. The third kappa shape index (κ3) is 4.88. The summed E-state index contributed by atoms with van der Waals surface area (Å²) in [6.45, 7) is 13.8. The Morgan fingerprint density at radius 2 is 2.00 bits per heavy atom. The summed E-state index contributed by atoms with van der Waals surface area (Å²) in [4.78, 5) is 27.5. The molecule has 1 fully saturated rings. The van der Waals surface area contributed by atoms with Gasteiger partial charge in [0, 0.05) is 24.7 Å². The molecule has 0 aromatic carbocycles. The lowest BCUT2D eigenvalue weighted by molar-refractivity contribution is -0.137. The molecule has 0 radical (unpaired) electrons. The molecule has 1 N–H and O–H groups in total. The molecule has 0 unspecified atom stereocenters. The number of aromatic amines is 1. The molecule has 7 nitrogen and oxygen atoms in total. The van der Waals surface area contributed by atoms with Crippen molar-refractivity contribution in [1.29, 1.82) is 0 Å². The van der Waals surface area contributed by atoms with Crippen LogP contribution in [0.5, 0.6) is 0 Å². The minimum atomic E-state index is -0.535. The zero-order chi connectivity index (χ0) is 19.3. The van der Waals surface area contributed by atoms with Gasteiger partial charge in [-0.3, -0.25) is 4.84 Å². The summed E-state index contributed by atoms with van der Waals surface area (Å²) < 4.78 is 5.36. The van der Waals surface area contributed by atoms with Crippen molar-refractivity contribution in [2.45, 2.75) is 47.1 Å². The van der Waals surface area contributed by atoms with E-state index in [-0.39, 0.29) is 0 Å². The number of nitrogens with one attached hydrogen (secondary N) is 1. The van der Waals surface area contributed by atoms with Crippen LogP contribution in [0.4, 0.5) is 10.5 Å². The number of hydrogen-bond acceptors (Lipinski definition) is 5. The van der Waals surface area contributed by atoms with Crippen molar-refractivity contribution >= 4 is 22.8 Å². The number of carbonyl (C=O) groups excluding carboxylic acids is 1. The average Bonchev–Trinajstić information content (AvgIpc) is 2.82. The van der Waals surface area contributed by atoms with E-state index in [9.17, 15) is 4.79 Å². The number of ether oxygens (including phenoxy) is 1. The Morgan fingerprint density at radius 1 is 1.27 bits per heavy atom. The monoisotopic (exact) mass is 362 g/mol. The molecule has 1 aliphatic rings. The molecular formula is C19H30N4O3. The molecule has 1 amide bonds. The number of anilines is 1. The van der Waals surface area contributed by atoms with Gasteiger partial charge in [-0.1, -0.05) is 13.8 Å². The fourth-order valence-corrected chi connectivity index (χ4v) is 2.66. The third-order valence-electron chi connectivity index (χ3n) is 3.87. The van der Waals surface area contributed by atoms with Crippen LogP contribution in [0, 0.1) is 6.92 Å². The van der Waals surface area contributed by atoms with Crippen LogP contribution in [0.1, 0.15) is 40.2 Å². The molecule has 0 atom stereocenters. The van der Waals surface area contributed by atoms with Gasteiger partial charge in [0.25, 0.3) is 0 Å². The number of hydrogen-bond donors (Lipinski definition) is 1. The van der Waals surface area contributed by atoms with Gasteiger partial charge >= 0.3 is 6.09 Å². The van der Waals surface area contributed by atoms with Crippen LogP contribution in [0.3, 0.4) is 0 Å². The Kier molecular flexibility index (Phi) is 6.47. The lowest BCUT2D eigenvalue weighted by atomic mass is 10.2. The van der Waals surface area contributed by atoms with Gasteiger partial charge in [0.05, 0.1) is 25.0 Å². The number of aryl methyl sites for hydroxylation is 1. The summed E-state index contributed by atoms with van der Waals surface area (Å²) in [6.07, 6.45) is 3.36. The first-order valence-corrected chi connectivity index (χ1v) is 9.15. The van der Waals surface area contributed by atoms with Gasteiger partial charge in [0.1, 0.15) is 11.2 Å². The predicted octanol–water partition coefficient (Wildman–Crippen LogP) is 3.89. The van der Waals surface area contributed by atoms with Crippen molar-refractivity contribution in [2.75, 3.05) is 31.1 Å². The van der Waals surface area contributed by atoms with Crippen LogP contribution in [-0.4, -0.2) is 53.0 Å². The maximum atomic E-state index is 12.1. The maximum Gasteiger partial charge on any atom is 0.434 e. The molecule has 26 heavy (non-hydrogen) atoms. The van der Waals surface area contributed by atoms with E-state index in [0.29, 0.717) is 26.2 Å². The molecule has 2 aromatic rings. The van der Waals surface area contributed by atoms with Gasteiger partial charge in [0.2, 0.25) is 0 Å². The second-order valence-electron chi connectivity index (χ2n) is 6.96. The second kappa shape index (κ2) is 8.40. The van der Waals surface area contributed by atoms with Crippen LogP contribution < -0.4 is 4.90 Å². The molecule has 0 saturated carbocycles. The highest BCUT2D eigenvalue weighted by Gasteiger charge is 2.25. The van der Waals surface area contributed by atoms with Crippen LogP contribution in [0.15, 0.2) is 18.5 Å². The first-order valence-electron chi connectivity index (χ1n) is 9.15. The minimum Gasteiger partial charge on any atom is -0.442 e. The summed E-state index contributed by atoms with van der Waals surface area (Å²) in [5.74, 6) is 0. The summed E-state index contributed by atoms with van der Waals surface area (Å²) in [5.41, 5.74) is 2.55. The van der Waals surface area contributed by atoms with Gasteiger partial charge in [-0.2, -0.15) is 5.06 Å². The Bertz CT molecular complexity index is 736. The van der Waals surface area contributed by atoms with E-state index in [1.807, 2.05) is 47.0 Å². The zero-order valence-electron chi connectivity index (χ0n) is 16.6. The fourth-order valence-electron chi connectivity index (χ4n) is 2.66. The quantitative estimate of drug-likeness (QED) is 0.833. The first kappa shape index (κ1) is 20.0. The topological polar surface area (TPSA) is 70.7 Å². The first-order chi connectivity index (χ1) is 12.3. The molecule has 144 valence electrons. The molecule has 2 aromatic heterocycles. The van der Waals surface area contributed by atoms with Crippen LogP contribution >= 0.6 is 0 Å². The number of amides is 1. The van der Waals surface area contributed by atoms with E-state index < -0.39 is 11.7 Å². The number of fused-ring (bicyclic) bond motifs is 1. The van der Waals surface area contributed by atoms with Crippen molar-refractivity contribution in [3.05, 3.63) is 24.0 Å². The summed E-state index contributed by atoms with van der Waals surface area (Å²) in [5, 5.41) is 2.42. The van der Waals surface area contributed by atoms with Crippen LogP contribution in [0.2, 0.25) is 0 Å². The molecule has 0 aliphatic carbocycles. The normalized spacial score (nSPS) is 15.3. The summed E-state index contributed by atoms with van der Waals surface area (Å²) >= 11 is 0. The largest absolute Gasteiger partial charge is 0.442 e. The van der Waals surface area contributed by atoms with Crippen LogP contribution in [0.25, 0.3) is 11.0 Å². The minimum absolute atomic E-state index is 0.420. The third-order valence-corrected chi connectivity index (χ3v) is 3.87. The van der Waals surface area contributed by atoms with Crippen molar-refractivity contribution in [2.24, 2.45) is 0 Å². The summed E-state index contributed by atoms with van der Waals surface area (Å²) in [7, 11) is 0. The molecule has 1 saturated heterocycles. The Labute approximate surface area is 155 Å². The van der Waals surface area contributed by atoms with E-state index in [2.05, 4.69) is 27.9 Å². The van der Waals surface area contributed by atoms with Gasteiger partial charge in [-0.15, -0.1) is 0 Å². The van der Waals surface area contributed by atoms with Gasteiger partial charge in [0.15, 0.2) is 0 Å². The van der Waals surface area contributed by atoms with Crippen LogP contribution in [-0.2, 0) is 9.57 Å². The van der Waals surface area contributed by atoms with E-state index >= 15 is 0 Å². The van der Waals surface area contributed by atoms with Crippen molar-refractivity contribution in [1.82, 2.24) is 15.0 Å². The lowest BCUT2D eigenvalue weighted by Crippen LogP contribution is -2.38. The average molecular weight is 362 g/mol. The molecular weight excluding hydrogens is 332 g/mol. The molecule has 3 heterocycles. The Balaban J connectivity index is 0.00000117. The number of H-pyrrole nitrogens is 1. The molecule has 1 aliphatic heterocycles. The number of hydroxylamine groups is 2. The smallest absolute Gasteiger partial charge is 0.434 e. The SMILES string of the molecule is CC.Cc1c[nH]c2ncc(N3CCON(C(=O)OC(C)(C)C)CC3)cc12. The van der Waals surface area contributed by atoms with Crippen molar-refractivity contribution in [3.8, 4) is 0 Å². The van der Waals surface area contributed by atoms with Gasteiger partial charge < -0.3 is 14.6 Å². The number of aromatic nitrogens is 2. The Hall–Kier alpha value is -2.28. The highest BCUT2D eigenvalue weighted by Crippen LogP contribution is 2.23. The van der Waals surface area contributed by atoms with E-state index in [4.69, 9.17) is 9.57 Å². The molecule has 7 heteroatoms. The zero-order valence-corrected chi connectivity index (χ0v) is 16.6. The lowest BCUT2D eigenvalue weighted by Gasteiger charge is -2.25. The highest BCUT2D eigenvalue weighted by atomic mass is 16.7. The van der Waals surface area contributed by atoms with Crippen molar-refractivity contribution in [3.63, 3.8) is 0 Å². The Morgan fingerprint density at radius 3 is 2.69 bits per heavy atom. The van der Waals surface area contributed by atoms with Gasteiger partial charge in [-0.05, 0) is 39.3 Å². The van der Waals surface area contributed by atoms with Gasteiger partial charge in [-0.25, -0.2) is 9.78 Å². The van der Waals surface area contributed by atoms with Crippen molar-refractivity contribution < 1.29 is 14.4 Å². The number of rotatable bonds is 1. The fraction of sp³-hybridized carbons (Fsp3) is 0.579. The molecule has 3 rings (SSSR count). The standard InChI is InChI=1S/C17H24N4O3.C2H6/c1-12-10-18-15-14(12)9-13(11-19-15)20-5-6-21(23-8-7-20)16(22)24-17(2,3)4;1-2/h9-11H,5-8H2,1-4H3,(H,18,19);1-2H3. The van der Waals surface area contributed by atoms with E-state index in [1.54, 1.807) is 0 Å². The molecule has 0 spiro atoms. The molecule has 0 bridgehead atoms. The van der Waals surface area contributed by atoms with E-state index in [0.717, 1.165) is 16.7 Å². The summed E-state index contributed by atoms with van der Waals surface area (Å²) in [6, 6.07) is 2.12. The number of pyridine rings is 1. The number of nitrogens with zero attached hydrogens (tertiary/aromatic N) is 3. The predicted molar refractivity (Wildman–Crippen MR) is 103 cm³/mol. The highest BCUT2D eigenvalue weighted by molar-refractivity contribution is 5.82. The maximum absolute atomic E-state index is 12.1. The second-order valence-corrected chi connectivity index (χ2v) is 6.96. The van der Waals surface area contributed by atoms with E-state index in [1.165, 1.54) is 10.6 Å².